The summed E-state index contributed by atoms with van der Waals surface area (Å²) in [6.07, 6.45) is 4.39. The number of nitrogens with zero attached hydrogens (tertiary/aromatic N) is 3. The lowest BCUT2D eigenvalue weighted by Gasteiger charge is -2.05. The third kappa shape index (κ3) is 2.53. The van der Waals surface area contributed by atoms with E-state index in [2.05, 4.69) is 20.3 Å². The molecular weight excluding hydrogens is 200 g/mol. The van der Waals surface area contributed by atoms with Crippen LogP contribution in [0.2, 0.25) is 0 Å². The number of rotatable bonds is 3. The van der Waals surface area contributed by atoms with Crippen molar-refractivity contribution in [2.24, 2.45) is 0 Å². The quantitative estimate of drug-likeness (QED) is 0.846. The van der Waals surface area contributed by atoms with Gasteiger partial charge in [-0.3, -0.25) is 4.98 Å². The van der Waals surface area contributed by atoms with Gasteiger partial charge in [0.1, 0.15) is 11.6 Å². The number of aromatic nitrogens is 3. The molecule has 2 aromatic rings. The maximum atomic E-state index is 4.41. The van der Waals surface area contributed by atoms with Crippen molar-refractivity contribution in [1.29, 1.82) is 0 Å². The molecule has 0 amide bonds. The Morgan fingerprint density at radius 3 is 2.62 bits per heavy atom. The standard InChI is InChI=1S/C12H14N4/c1-9-15-11(8-12(13-2)16-9)7-10-3-5-14-6-4-10/h3-6,8H,7H2,1-2H3,(H,13,15,16). The summed E-state index contributed by atoms with van der Waals surface area (Å²) >= 11 is 0. The lowest BCUT2D eigenvalue weighted by atomic mass is 10.1. The lowest BCUT2D eigenvalue weighted by Crippen LogP contribution is -2.01. The third-order valence-corrected chi connectivity index (χ3v) is 2.28. The maximum absolute atomic E-state index is 4.41. The number of hydrogen-bond acceptors (Lipinski definition) is 4. The van der Waals surface area contributed by atoms with Crippen LogP contribution in [0, 0.1) is 6.92 Å². The molecule has 1 N–H and O–H groups in total. The Kier molecular flexibility index (Phi) is 3.10. The van der Waals surface area contributed by atoms with Gasteiger partial charge in [-0.25, -0.2) is 9.97 Å². The van der Waals surface area contributed by atoms with E-state index in [1.807, 2.05) is 32.2 Å². The summed E-state index contributed by atoms with van der Waals surface area (Å²) in [5.74, 6) is 1.65. The molecule has 0 aliphatic carbocycles. The van der Waals surface area contributed by atoms with Crippen LogP contribution in [-0.4, -0.2) is 22.0 Å². The van der Waals surface area contributed by atoms with Gasteiger partial charge in [-0.1, -0.05) is 0 Å². The molecule has 0 radical (unpaired) electrons. The van der Waals surface area contributed by atoms with Crippen LogP contribution in [0.4, 0.5) is 5.82 Å². The SMILES string of the molecule is CNc1cc(Cc2ccncc2)nc(C)n1. The van der Waals surface area contributed by atoms with Gasteiger partial charge in [-0.2, -0.15) is 0 Å². The first kappa shape index (κ1) is 10.5. The van der Waals surface area contributed by atoms with Crippen molar-refractivity contribution in [3.63, 3.8) is 0 Å². The van der Waals surface area contributed by atoms with Crippen molar-refractivity contribution in [2.75, 3.05) is 12.4 Å². The molecule has 0 aromatic carbocycles. The highest BCUT2D eigenvalue weighted by Gasteiger charge is 2.01. The van der Waals surface area contributed by atoms with E-state index < -0.39 is 0 Å². The summed E-state index contributed by atoms with van der Waals surface area (Å²) < 4.78 is 0. The van der Waals surface area contributed by atoms with E-state index in [-0.39, 0.29) is 0 Å². The van der Waals surface area contributed by atoms with E-state index >= 15 is 0 Å². The van der Waals surface area contributed by atoms with Crippen LogP contribution in [0.1, 0.15) is 17.1 Å². The minimum atomic E-state index is 0.788. The first-order valence-corrected chi connectivity index (χ1v) is 5.19. The van der Waals surface area contributed by atoms with Crippen LogP contribution in [0.25, 0.3) is 0 Å². The minimum Gasteiger partial charge on any atom is -0.373 e. The molecule has 82 valence electrons. The topological polar surface area (TPSA) is 50.7 Å². The van der Waals surface area contributed by atoms with E-state index in [1.165, 1.54) is 5.56 Å². The summed E-state index contributed by atoms with van der Waals surface area (Å²) in [5, 5.41) is 3.03. The minimum absolute atomic E-state index is 0.788. The van der Waals surface area contributed by atoms with Gasteiger partial charge in [-0.15, -0.1) is 0 Å². The van der Waals surface area contributed by atoms with Crippen LogP contribution >= 0.6 is 0 Å². The Balaban J connectivity index is 2.24. The van der Waals surface area contributed by atoms with E-state index in [0.29, 0.717) is 0 Å². The van der Waals surface area contributed by atoms with Gasteiger partial charge in [0.2, 0.25) is 0 Å². The van der Waals surface area contributed by atoms with Gasteiger partial charge in [0, 0.05) is 31.9 Å². The molecule has 0 atom stereocenters. The molecule has 0 fully saturated rings. The van der Waals surface area contributed by atoms with Crippen molar-refractivity contribution in [3.05, 3.63) is 47.7 Å². The highest BCUT2D eigenvalue weighted by Crippen LogP contribution is 2.10. The molecule has 2 aromatic heterocycles. The number of anilines is 1. The Morgan fingerprint density at radius 2 is 1.94 bits per heavy atom. The number of hydrogen-bond donors (Lipinski definition) is 1. The van der Waals surface area contributed by atoms with Crippen molar-refractivity contribution < 1.29 is 0 Å². The summed E-state index contributed by atoms with van der Waals surface area (Å²) in [6, 6.07) is 5.96. The normalized spacial score (nSPS) is 10.1. The lowest BCUT2D eigenvalue weighted by molar-refractivity contribution is 0.967. The van der Waals surface area contributed by atoms with Crippen molar-refractivity contribution in [1.82, 2.24) is 15.0 Å². The number of aryl methyl sites for hydroxylation is 1. The Labute approximate surface area is 94.8 Å². The van der Waals surface area contributed by atoms with E-state index in [4.69, 9.17) is 0 Å². The molecular formula is C12H14N4. The molecule has 0 saturated carbocycles. The second kappa shape index (κ2) is 4.70. The van der Waals surface area contributed by atoms with Gasteiger partial charge in [-0.05, 0) is 24.6 Å². The second-order valence-corrected chi connectivity index (χ2v) is 3.57. The summed E-state index contributed by atoms with van der Waals surface area (Å²) in [5.41, 5.74) is 2.22. The Morgan fingerprint density at radius 1 is 1.19 bits per heavy atom. The van der Waals surface area contributed by atoms with Gasteiger partial charge < -0.3 is 5.32 Å². The first-order valence-electron chi connectivity index (χ1n) is 5.19. The number of pyridine rings is 1. The second-order valence-electron chi connectivity index (χ2n) is 3.57. The van der Waals surface area contributed by atoms with E-state index in [1.54, 1.807) is 12.4 Å². The van der Waals surface area contributed by atoms with Crippen LogP contribution in [0.15, 0.2) is 30.6 Å². The molecule has 0 aliphatic heterocycles. The van der Waals surface area contributed by atoms with Gasteiger partial charge in [0.05, 0.1) is 5.69 Å². The fourth-order valence-corrected chi connectivity index (χ4v) is 1.56. The van der Waals surface area contributed by atoms with Gasteiger partial charge in [0.15, 0.2) is 0 Å². The number of nitrogens with one attached hydrogen (secondary N) is 1. The van der Waals surface area contributed by atoms with E-state index in [0.717, 1.165) is 23.8 Å². The molecule has 0 spiro atoms. The maximum Gasteiger partial charge on any atom is 0.129 e. The van der Waals surface area contributed by atoms with E-state index in [9.17, 15) is 0 Å². The highest BCUT2D eigenvalue weighted by atomic mass is 15.0. The fourth-order valence-electron chi connectivity index (χ4n) is 1.56. The smallest absolute Gasteiger partial charge is 0.129 e. The van der Waals surface area contributed by atoms with Crippen molar-refractivity contribution in [3.8, 4) is 0 Å². The van der Waals surface area contributed by atoms with Gasteiger partial charge in [0.25, 0.3) is 0 Å². The molecule has 16 heavy (non-hydrogen) atoms. The fraction of sp³-hybridized carbons (Fsp3) is 0.250. The monoisotopic (exact) mass is 214 g/mol. The first-order chi connectivity index (χ1) is 7.78. The molecule has 4 heteroatoms. The average Bonchev–Trinajstić information content (AvgIpc) is 2.29. The predicted molar refractivity (Wildman–Crippen MR) is 63.4 cm³/mol. The molecule has 0 bridgehead atoms. The Bertz CT molecular complexity index is 468. The zero-order valence-electron chi connectivity index (χ0n) is 9.44. The molecule has 4 nitrogen and oxygen atoms in total. The molecule has 0 unspecified atom stereocenters. The zero-order chi connectivity index (χ0) is 11.4. The van der Waals surface area contributed by atoms with Crippen LogP contribution in [0.5, 0.6) is 0 Å². The molecule has 0 saturated heterocycles. The summed E-state index contributed by atoms with van der Waals surface area (Å²) in [4.78, 5) is 12.7. The Hall–Kier alpha value is -1.97. The van der Waals surface area contributed by atoms with Crippen LogP contribution in [-0.2, 0) is 6.42 Å². The molecule has 2 rings (SSSR count). The zero-order valence-corrected chi connectivity index (χ0v) is 9.44. The van der Waals surface area contributed by atoms with Crippen LogP contribution in [0.3, 0.4) is 0 Å². The largest absolute Gasteiger partial charge is 0.373 e. The van der Waals surface area contributed by atoms with Crippen molar-refractivity contribution >= 4 is 5.82 Å². The highest BCUT2D eigenvalue weighted by molar-refractivity contribution is 5.36. The third-order valence-electron chi connectivity index (χ3n) is 2.28. The molecule has 2 heterocycles. The average molecular weight is 214 g/mol. The van der Waals surface area contributed by atoms with Crippen LogP contribution < -0.4 is 5.32 Å². The van der Waals surface area contributed by atoms with Crippen molar-refractivity contribution in [2.45, 2.75) is 13.3 Å². The summed E-state index contributed by atoms with van der Waals surface area (Å²) in [7, 11) is 1.86. The van der Waals surface area contributed by atoms with Gasteiger partial charge >= 0.3 is 0 Å². The predicted octanol–water partition coefficient (Wildman–Crippen LogP) is 1.81. The summed E-state index contributed by atoms with van der Waals surface area (Å²) in [6.45, 7) is 1.90. The molecule has 0 aliphatic rings.